The summed E-state index contributed by atoms with van der Waals surface area (Å²) >= 11 is 1.79. The molecule has 4 nitrogen and oxygen atoms in total. The molecule has 0 saturated carbocycles. The molecule has 1 saturated heterocycles. The largest absolute Gasteiger partial charge is 0.390 e. The molecule has 2 N–H and O–H groups in total. The minimum atomic E-state index is -0.283. The van der Waals surface area contributed by atoms with Crippen LogP contribution in [0.15, 0.2) is 0 Å². The number of nitrogens with zero attached hydrogens (tertiary/aromatic N) is 2. The van der Waals surface area contributed by atoms with E-state index in [1.54, 1.807) is 11.3 Å². The summed E-state index contributed by atoms with van der Waals surface area (Å²) in [5, 5.41) is 14.8. The number of β-amino-alcohol motifs (C(OH)–C–C–N with tert-alkyl or cyclic N) is 1. The first kappa shape index (κ1) is 15.9. The summed E-state index contributed by atoms with van der Waals surface area (Å²) in [4.78, 5) is 8.22. The highest BCUT2D eigenvalue weighted by Crippen LogP contribution is 2.25. The number of aryl methyl sites for hydroxylation is 2. The Kier molecular flexibility index (Phi) is 5.96. The maximum Gasteiger partial charge on any atom is 0.0928 e. The number of rotatable bonds is 7. The van der Waals surface area contributed by atoms with Gasteiger partial charge in [0.25, 0.3) is 0 Å². The third-order valence-corrected chi connectivity index (χ3v) is 5.38. The summed E-state index contributed by atoms with van der Waals surface area (Å²) in [5.74, 6) is 0. The monoisotopic (exact) mass is 297 g/mol. The average molecular weight is 297 g/mol. The molecular weight excluding hydrogens is 270 g/mol. The van der Waals surface area contributed by atoms with E-state index in [-0.39, 0.29) is 12.1 Å². The van der Waals surface area contributed by atoms with Gasteiger partial charge in [-0.05, 0) is 46.2 Å². The van der Waals surface area contributed by atoms with E-state index >= 15 is 0 Å². The van der Waals surface area contributed by atoms with E-state index in [1.165, 1.54) is 22.7 Å². The van der Waals surface area contributed by atoms with E-state index in [9.17, 15) is 5.11 Å². The first-order valence-corrected chi connectivity index (χ1v) is 8.51. The zero-order valence-electron chi connectivity index (χ0n) is 12.9. The molecule has 2 heterocycles. The fourth-order valence-electron chi connectivity index (χ4n) is 2.75. The number of aromatic nitrogens is 1. The third kappa shape index (κ3) is 4.25. The van der Waals surface area contributed by atoms with Crippen LogP contribution in [-0.2, 0) is 6.42 Å². The maximum atomic E-state index is 10.1. The Hall–Kier alpha value is -0.490. The average Bonchev–Trinajstić information content (AvgIpc) is 3.05. The van der Waals surface area contributed by atoms with E-state index in [1.807, 2.05) is 0 Å². The molecule has 0 spiro atoms. The van der Waals surface area contributed by atoms with Crippen LogP contribution < -0.4 is 5.32 Å². The van der Waals surface area contributed by atoms with Gasteiger partial charge < -0.3 is 15.3 Å². The van der Waals surface area contributed by atoms with Gasteiger partial charge in [-0.1, -0.05) is 6.92 Å². The highest BCUT2D eigenvalue weighted by atomic mass is 32.1. The molecule has 1 aromatic rings. The molecule has 2 atom stereocenters. The van der Waals surface area contributed by atoms with Crippen LogP contribution in [0.4, 0.5) is 0 Å². The second kappa shape index (κ2) is 7.50. The quantitative estimate of drug-likeness (QED) is 0.809. The lowest BCUT2D eigenvalue weighted by Gasteiger charge is -2.21. The molecule has 1 aliphatic heterocycles. The lowest BCUT2D eigenvalue weighted by molar-refractivity contribution is 0.121. The molecule has 1 aliphatic rings. The predicted molar refractivity (Wildman–Crippen MR) is 84.3 cm³/mol. The van der Waals surface area contributed by atoms with Gasteiger partial charge in [0.05, 0.1) is 16.8 Å². The highest BCUT2D eigenvalue weighted by molar-refractivity contribution is 7.11. The fourth-order valence-corrected chi connectivity index (χ4v) is 3.79. The van der Waals surface area contributed by atoms with Crippen molar-refractivity contribution in [2.45, 2.75) is 52.2 Å². The zero-order valence-corrected chi connectivity index (χ0v) is 13.7. The van der Waals surface area contributed by atoms with Crippen LogP contribution in [-0.4, -0.2) is 47.3 Å². The molecule has 1 fully saturated rings. The summed E-state index contributed by atoms with van der Waals surface area (Å²) in [6, 6.07) is 0.265. The third-order valence-electron chi connectivity index (χ3n) is 3.90. The summed E-state index contributed by atoms with van der Waals surface area (Å²) in [5.41, 5.74) is 1.13. The molecular formula is C15H27N3OS. The molecule has 1 aromatic heterocycles. The van der Waals surface area contributed by atoms with E-state index in [4.69, 9.17) is 0 Å². The number of thiazole rings is 1. The van der Waals surface area contributed by atoms with Crippen molar-refractivity contribution in [1.82, 2.24) is 15.2 Å². The number of aliphatic hydroxyl groups is 1. The van der Waals surface area contributed by atoms with Crippen molar-refractivity contribution >= 4 is 11.3 Å². The topological polar surface area (TPSA) is 48.4 Å². The minimum Gasteiger partial charge on any atom is -0.390 e. The normalized spacial score (nSPS) is 19.4. The van der Waals surface area contributed by atoms with Crippen LogP contribution in [0.1, 0.15) is 48.3 Å². The molecule has 0 aliphatic carbocycles. The Bertz CT molecular complexity index is 415. The standard InChI is InChI=1S/C15H27N3OS/c1-4-14-17-12(3)15(20-14)11(2)16-9-13(19)10-18-7-5-6-8-18/h11,13,16,19H,4-10H2,1-3H3. The number of likely N-dealkylation sites (tertiary alicyclic amines) is 1. The SMILES string of the molecule is CCc1nc(C)c(C(C)NCC(O)CN2CCCC2)s1. The van der Waals surface area contributed by atoms with E-state index in [0.717, 1.165) is 31.7 Å². The van der Waals surface area contributed by atoms with Crippen molar-refractivity contribution in [3.8, 4) is 0 Å². The maximum absolute atomic E-state index is 10.1. The first-order chi connectivity index (χ1) is 9.60. The van der Waals surface area contributed by atoms with Gasteiger partial charge in [0.15, 0.2) is 0 Å². The van der Waals surface area contributed by atoms with Crippen molar-refractivity contribution in [3.05, 3.63) is 15.6 Å². The molecule has 0 radical (unpaired) electrons. The van der Waals surface area contributed by atoms with Gasteiger partial charge >= 0.3 is 0 Å². The van der Waals surface area contributed by atoms with Crippen LogP contribution in [0, 0.1) is 6.92 Å². The lowest BCUT2D eigenvalue weighted by Crippen LogP contribution is -2.37. The predicted octanol–water partition coefficient (Wildman–Crippen LogP) is 2.12. The van der Waals surface area contributed by atoms with Crippen molar-refractivity contribution in [2.75, 3.05) is 26.2 Å². The van der Waals surface area contributed by atoms with E-state index < -0.39 is 0 Å². The smallest absolute Gasteiger partial charge is 0.0928 e. The van der Waals surface area contributed by atoms with Crippen molar-refractivity contribution in [2.24, 2.45) is 0 Å². The second-order valence-corrected chi connectivity index (χ2v) is 6.82. The second-order valence-electron chi connectivity index (χ2n) is 5.70. The molecule has 20 heavy (non-hydrogen) atoms. The van der Waals surface area contributed by atoms with Crippen LogP contribution in [0.2, 0.25) is 0 Å². The van der Waals surface area contributed by atoms with Gasteiger partial charge in [-0.25, -0.2) is 4.98 Å². The number of aliphatic hydroxyl groups excluding tert-OH is 1. The van der Waals surface area contributed by atoms with Crippen molar-refractivity contribution in [1.29, 1.82) is 0 Å². The van der Waals surface area contributed by atoms with Gasteiger partial charge in [0.2, 0.25) is 0 Å². The fraction of sp³-hybridized carbons (Fsp3) is 0.800. The number of nitrogens with one attached hydrogen (secondary N) is 1. The lowest BCUT2D eigenvalue weighted by atomic mass is 10.2. The summed E-state index contributed by atoms with van der Waals surface area (Å²) < 4.78 is 0. The Labute approximate surface area is 126 Å². The molecule has 5 heteroatoms. The Morgan fingerprint density at radius 2 is 2.10 bits per heavy atom. The van der Waals surface area contributed by atoms with Gasteiger partial charge in [-0.3, -0.25) is 0 Å². The van der Waals surface area contributed by atoms with Crippen LogP contribution in [0.3, 0.4) is 0 Å². The summed E-state index contributed by atoms with van der Waals surface area (Å²) in [6.45, 7) is 10.1. The Morgan fingerprint density at radius 1 is 1.40 bits per heavy atom. The van der Waals surface area contributed by atoms with Crippen molar-refractivity contribution < 1.29 is 5.11 Å². The van der Waals surface area contributed by atoms with Crippen LogP contribution in [0.5, 0.6) is 0 Å². The van der Waals surface area contributed by atoms with Gasteiger partial charge in [-0.2, -0.15) is 0 Å². The Morgan fingerprint density at radius 3 is 2.70 bits per heavy atom. The zero-order chi connectivity index (χ0) is 14.5. The minimum absolute atomic E-state index is 0.265. The molecule has 0 aromatic carbocycles. The number of hydrogen-bond donors (Lipinski definition) is 2. The molecule has 2 unspecified atom stereocenters. The van der Waals surface area contributed by atoms with E-state index in [0.29, 0.717) is 6.54 Å². The van der Waals surface area contributed by atoms with Crippen LogP contribution >= 0.6 is 11.3 Å². The van der Waals surface area contributed by atoms with Gasteiger partial charge in [0.1, 0.15) is 0 Å². The number of hydrogen-bond acceptors (Lipinski definition) is 5. The summed E-state index contributed by atoms with van der Waals surface area (Å²) in [7, 11) is 0. The van der Waals surface area contributed by atoms with Gasteiger partial charge in [-0.15, -0.1) is 11.3 Å². The molecule has 114 valence electrons. The molecule has 2 rings (SSSR count). The molecule has 0 bridgehead atoms. The molecule has 0 amide bonds. The Balaban J connectivity index is 1.78. The van der Waals surface area contributed by atoms with Crippen LogP contribution in [0.25, 0.3) is 0 Å². The summed E-state index contributed by atoms with van der Waals surface area (Å²) in [6.07, 6.45) is 3.26. The highest BCUT2D eigenvalue weighted by Gasteiger charge is 2.18. The first-order valence-electron chi connectivity index (χ1n) is 7.70. The van der Waals surface area contributed by atoms with Crippen molar-refractivity contribution in [3.63, 3.8) is 0 Å². The van der Waals surface area contributed by atoms with Gasteiger partial charge in [0, 0.05) is 24.0 Å². The van der Waals surface area contributed by atoms with E-state index in [2.05, 4.69) is 36.0 Å².